The number of hydrogen-bond acceptors (Lipinski definition) is 1. The summed E-state index contributed by atoms with van der Waals surface area (Å²) in [4.78, 5) is 11.8. The molecule has 2 rings (SSSR count). The number of aryl methyl sites for hydroxylation is 1. The number of anilines is 1. The lowest BCUT2D eigenvalue weighted by atomic mass is 10.1. The van der Waals surface area contributed by atoms with Gasteiger partial charge in [0.05, 0.1) is 0 Å². The third-order valence-corrected chi connectivity index (χ3v) is 3.41. The maximum absolute atomic E-state index is 11.8. The fourth-order valence-electron chi connectivity index (χ4n) is 1.69. The van der Waals surface area contributed by atoms with Crippen LogP contribution in [0.5, 0.6) is 0 Å². The van der Waals surface area contributed by atoms with Gasteiger partial charge in [0.2, 0.25) is 5.91 Å². The highest BCUT2D eigenvalue weighted by Gasteiger charge is 2.04. The molecule has 0 radical (unpaired) electrons. The van der Waals surface area contributed by atoms with Crippen molar-refractivity contribution in [3.63, 3.8) is 0 Å². The highest BCUT2D eigenvalue weighted by atomic mass is 79.9. The number of rotatable bonds is 4. The Labute approximate surface area is 115 Å². The number of hydrogen-bond donors (Lipinski definition) is 1. The van der Waals surface area contributed by atoms with E-state index in [-0.39, 0.29) is 5.91 Å². The maximum Gasteiger partial charge on any atom is 0.224 e. The van der Waals surface area contributed by atoms with Gasteiger partial charge < -0.3 is 5.32 Å². The fraction of sp³-hybridized carbons (Fsp3) is 0.133. The van der Waals surface area contributed by atoms with Crippen LogP contribution in [-0.2, 0) is 11.2 Å². The minimum atomic E-state index is 0.0388. The molecule has 2 nitrogen and oxygen atoms in total. The summed E-state index contributed by atoms with van der Waals surface area (Å²) in [6, 6.07) is 17.5. The molecule has 0 aliphatic carbocycles. The Bertz CT molecular complexity index is 525. The summed E-state index contributed by atoms with van der Waals surface area (Å²) in [6.07, 6.45) is 1.22. The molecule has 92 valence electrons. The minimum absolute atomic E-state index is 0.0388. The van der Waals surface area contributed by atoms with Gasteiger partial charge in [-0.15, -0.1) is 0 Å². The summed E-state index contributed by atoms with van der Waals surface area (Å²) in [5, 5.41) is 2.88. The first-order chi connectivity index (χ1) is 8.75. The van der Waals surface area contributed by atoms with Gasteiger partial charge in [0, 0.05) is 16.6 Å². The summed E-state index contributed by atoms with van der Waals surface area (Å²) >= 11 is 3.48. The van der Waals surface area contributed by atoms with E-state index < -0.39 is 0 Å². The summed E-state index contributed by atoms with van der Waals surface area (Å²) in [5.74, 6) is 0.0388. The first kappa shape index (κ1) is 12.8. The second-order valence-corrected chi connectivity index (χ2v) is 4.86. The summed E-state index contributed by atoms with van der Waals surface area (Å²) in [7, 11) is 0. The van der Waals surface area contributed by atoms with E-state index in [1.165, 1.54) is 0 Å². The van der Waals surface area contributed by atoms with Crippen LogP contribution in [0.15, 0.2) is 59.1 Å². The molecule has 0 bridgehead atoms. The van der Waals surface area contributed by atoms with Crippen LogP contribution in [0.25, 0.3) is 0 Å². The van der Waals surface area contributed by atoms with Crippen molar-refractivity contribution in [2.75, 3.05) is 5.32 Å². The van der Waals surface area contributed by atoms with Crippen LogP contribution in [0.1, 0.15) is 12.0 Å². The zero-order valence-corrected chi connectivity index (χ0v) is 11.5. The van der Waals surface area contributed by atoms with E-state index in [1.54, 1.807) is 0 Å². The molecule has 0 saturated carbocycles. The average Bonchev–Trinajstić information content (AvgIpc) is 2.39. The number of para-hydroxylation sites is 1. The van der Waals surface area contributed by atoms with Crippen molar-refractivity contribution in [2.45, 2.75) is 12.8 Å². The quantitative estimate of drug-likeness (QED) is 0.908. The molecule has 0 saturated heterocycles. The van der Waals surface area contributed by atoms with Gasteiger partial charge in [-0.1, -0.05) is 52.3 Å². The van der Waals surface area contributed by atoms with E-state index >= 15 is 0 Å². The normalized spacial score (nSPS) is 10.1. The summed E-state index contributed by atoms with van der Waals surface area (Å²) in [5.41, 5.74) is 2.00. The lowest BCUT2D eigenvalue weighted by Gasteiger charge is -2.06. The molecule has 18 heavy (non-hydrogen) atoms. The minimum Gasteiger partial charge on any atom is -0.326 e. The van der Waals surface area contributed by atoms with E-state index in [2.05, 4.69) is 21.2 Å². The van der Waals surface area contributed by atoms with Gasteiger partial charge in [0.25, 0.3) is 0 Å². The predicted molar refractivity (Wildman–Crippen MR) is 77.5 cm³/mol. The standard InChI is InChI=1S/C15H14BrNO/c16-14-9-5-4-6-12(14)10-11-15(18)17-13-7-2-1-3-8-13/h1-9H,10-11H2,(H,17,18). The van der Waals surface area contributed by atoms with Gasteiger partial charge in [0.1, 0.15) is 0 Å². The topological polar surface area (TPSA) is 29.1 Å². The van der Waals surface area contributed by atoms with Crippen molar-refractivity contribution >= 4 is 27.5 Å². The first-order valence-corrected chi connectivity index (χ1v) is 6.63. The van der Waals surface area contributed by atoms with E-state index in [9.17, 15) is 4.79 Å². The van der Waals surface area contributed by atoms with E-state index in [0.29, 0.717) is 6.42 Å². The van der Waals surface area contributed by atoms with Crippen LogP contribution in [0.4, 0.5) is 5.69 Å². The average molecular weight is 304 g/mol. The molecule has 1 N–H and O–H groups in total. The molecule has 0 aromatic heterocycles. The molecule has 0 aliphatic heterocycles. The van der Waals surface area contributed by atoms with Crippen LogP contribution in [0, 0.1) is 0 Å². The van der Waals surface area contributed by atoms with Gasteiger partial charge in [-0.3, -0.25) is 4.79 Å². The summed E-state index contributed by atoms with van der Waals surface area (Å²) < 4.78 is 1.05. The van der Waals surface area contributed by atoms with Crippen molar-refractivity contribution in [1.82, 2.24) is 0 Å². The molecule has 0 unspecified atom stereocenters. The highest BCUT2D eigenvalue weighted by molar-refractivity contribution is 9.10. The third-order valence-electron chi connectivity index (χ3n) is 2.64. The van der Waals surface area contributed by atoms with Gasteiger partial charge in [-0.25, -0.2) is 0 Å². The van der Waals surface area contributed by atoms with Gasteiger partial charge in [0.15, 0.2) is 0 Å². The van der Waals surface area contributed by atoms with Crippen molar-refractivity contribution in [2.24, 2.45) is 0 Å². The molecule has 0 aliphatic rings. The Hall–Kier alpha value is -1.61. The van der Waals surface area contributed by atoms with E-state index in [4.69, 9.17) is 0 Å². The Morgan fingerprint density at radius 2 is 1.67 bits per heavy atom. The fourth-order valence-corrected chi connectivity index (χ4v) is 2.18. The second kappa shape index (κ2) is 6.36. The number of carbonyl (C=O) groups is 1. The Morgan fingerprint density at radius 1 is 1.00 bits per heavy atom. The maximum atomic E-state index is 11.8. The zero-order valence-electron chi connectivity index (χ0n) is 9.90. The molecular weight excluding hydrogens is 290 g/mol. The number of halogens is 1. The van der Waals surface area contributed by atoms with Crippen molar-refractivity contribution in [1.29, 1.82) is 0 Å². The SMILES string of the molecule is O=C(CCc1ccccc1Br)Nc1ccccc1. The molecule has 3 heteroatoms. The second-order valence-electron chi connectivity index (χ2n) is 4.01. The van der Waals surface area contributed by atoms with Crippen LogP contribution in [0.2, 0.25) is 0 Å². The first-order valence-electron chi connectivity index (χ1n) is 5.84. The number of nitrogens with one attached hydrogen (secondary N) is 1. The molecule has 0 spiro atoms. The van der Waals surface area contributed by atoms with Gasteiger partial charge in [-0.05, 0) is 30.2 Å². The van der Waals surface area contributed by atoms with Gasteiger partial charge >= 0.3 is 0 Å². The van der Waals surface area contributed by atoms with Crippen LogP contribution >= 0.6 is 15.9 Å². The van der Waals surface area contributed by atoms with E-state index in [0.717, 1.165) is 22.1 Å². The molecule has 0 fully saturated rings. The van der Waals surface area contributed by atoms with Crippen LogP contribution in [-0.4, -0.2) is 5.91 Å². The molecule has 1 amide bonds. The summed E-state index contributed by atoms with van der Waals surface area (Å²) in [6.45, 7) is 0. The largest absolute Gasteiger partial charge is 0.326 e. The molecule has 2 aromatic carbocycles. The third kappa shape index (κ3) is 3.70. The molecule has 0 heterocycles. The molecule has 2 aromatic rings. The predicted octanol–water partition coefficient (Wildman–Crippen LogP) is 4.02. The molecular formula is C15H14BrNO. The van der Waals surface area contributed by atoms with Crippen molar-refractivity contribution in [3.05, 3.63) is 64.6 Å². The number of amides is 1. The van der Waals surface area contributed by atoms with Crippen LogP contribution < -0.4 is 5.32 Å². The Kier molecular flexibility index (Phi) is 4.53. The Balaban J connectivity index is 1.88. The smallest absolute Gasteiger partial charge is 0.224 e. The van der Waals surface area contributed by atoms with Crippen LogP contribution in [0.3, 0.4) is 0 Å². The Morgan fingerprint density at radius 3 is 2.39 bits per heavy atom. The number of carbonyl (C=O) groups excluding carboxylic acids is 1. The lowest BCUT2D eigenvalue weighted by molar-refractivity contribution is -0.116. The van der Waals surface area contributed by atoms with E-state index in [1.807, 2.05) is 54.6 Å². The number of benzene rings is 2. The van der Waals surface area contributed by atoms with Crippen molar-refractivity contribution in [3.8, 4) is 0 Å². The zero-order chi connectivity index (χ0) is 12.8. The van der Waals surface area contributed by atoms with Gasteiger partial charge in [-0.2, -0.15) is 0 Å². The van der Waals surface area contributed by atoms with Crippen molar-refractivity contribution < 1.29 is 4.79 Å². The lowest BCUT2D eigenvalue weighted by Crippen LogP contribution is -2.12. The highest BCUT2D eigenvalue weighted by Crippen LogP contribution is 2.17. The monoisotopic (exact) mass is 303 g/mol. The molecule has 0 atom stereocenters.